The van der Waals surface area contributed by atoms with Crippen LogP contribution in [0.5, 0.6) is 0 Å². The van der Waals surface area contributed by atoms with E-state index in [0.29, 0.717) is 18.1 Å². The molecule has 3 atom stereocenters. The van der Waals surface area contributed by atoms with Crippen LogP contribution in [-0.2, 0) is 4.74 Å². The van der Waals surface area contributed by atoms with Crippen LogP contribution in [0, 0.1) is 5.92 Å². The average Bonchev–Trinajstić information content (AvgIpc) is 2.69. The summed E-state index contributed by atoms with van der Waals surface area (Å²) in [5.41, 5.74) is 0. The summed E-state index contributed by atoms with van der Waals surface area (Å²) >= 11 is 0. The SMILES string of the molecule is CNCC(C)C(C)N(C)CC1CCCO1. The quantitative estimate of drug-likeness (QED) is 0.722. The summed E-state index contributed by atoms with van der Waals surface area (Å²) in [6, 6.07) is 0.613. The number of ether oxygens (including phenoxy) is 1. The number of hydrogen-bond acceptors (Lipinski definition) is 3. The summed E-state index contributed by atoms with van der Waals surface area (Å²) in [5, 5.41) is 3.24. The predicted octanol–water partition coefficient (Wildman–Crippen LogP) is 1.34. The number of nitrogens with zero attached hydrogens (tertiary/aromatic N) is 1. The van der Waals surface area contributed by atoms with Gasteiger partial charge < -0.3 is 15.0 Å². The minimum Gasteiger partial charge on any atom is -0.377 e. The summed E-state index contributed by atoms with van der Waals surface area (Å²) in [5.74, 6) is 0.682. The molecule has 3 unspecified atom stereocenters. The fourth-order valence-corrected chi connectivity index (χ4v) is 2.20. The van der Waals surface area contributed by atoms with Gasteiger partial charge in [-0.25, -0.2) is 0 Å². The maximum Gasteiger partial charge on any atom is 0.0702 e. The Labute approximate surface area is 94.2 Å². The van der Waals surface area contributed by atoms with Crippen molar-refractivity contribution < 1.29 is 4.74 Å². The van der Waals surface area contributed by atoms with Crippen LogP contribution in [0.15, 0.2) is 0 Å². The zero-order valence-electron chi connectivity index (χ0n) is 10.6. The molecule has 3 nitrogen and oxygen atoms in total. The van der Waals surface area contributed by atoms with Gasteiger partial charge in [0.15, 0.2) is 0 Å². The number of rotatable bonds is 6. The first-order valence-electron chi connectivity index (χ1n) is 6.11. The lowest BCUT2D eigenvalue weighted by molar-refractivity contribution is 0.0618. The van der Waals surface area contributed by atoms with Crippen molar-refractivity contribution in [3.8, 4) is 0 Å². The van der Waals surface area contributed by atoms with Gasteiger partial charge in [-0.05, 0) is 46.3 Å². The molecular weight excluding hydrogens is 188 g/mol. The highest BCUT2D eigenvalue weighted by Crippen LogP contribution is 2.16. The molecule has 0 spiro atoms. The van der Waals surface area contributed by atoms with E-state index >= 15 is 0 Å². The van der Waals surface area contributed by atoms with E-state index in [9.17, 15) is 0 Å². The Morgan fingerprint density at radius 3 is 2.73 bits per heavy atom. The van der Waals surface area contributed by atoms with Crippen molar-refractivity contribution in [2.24, 2.45) is 5.92 Å². The number of likely N-dealkylation sites (N-methyl/N-ethyl adjacent to an activating group) is 1. The molecule has 0 aromatic rings. The lowest BCUT2D eigenvalue weighted by atomic mass is 10.0. The van der Waals surface area contributed by atoms with Gasteiger partial charge in [-0.3, -0.25) is 0 Å². The minimum absolute atomic E-state index is 0.472. The highest BCUT2D eigenvalue weighted by Gasteiger charge is 2.22. The maximum absolute atomic E-state index is 5.66. The van der Waals surface area contributed by atoms with Gasteiger partial charge in [0.25, 0.3) is 0 Å². The summed E-state index contributed by atoms with van der Waals surface area (Å²) in [7, 11) is 4.22. The van der Waals surface area contributed by atoms with E-state index in [1.165, 1.54) is 12.8 Å². The van der Waals surface area contributed by atoms with E-state index in [-0.39, 0.29) is 0 Å². The third-order valence-corrected chi connectivity index (χ3v) is 3.56. The van der Waals surface area contributed by atoms with Crippen molar-refractivity contribution >= 4 is 0 Å². The molecular formula is C12H26N2O. The average molecular weight is 214 g/mol. The van der Waals surface area contributed by atoms with E-state index in [1.54, 1.807) is 0 Å². The van der Waals surface area contributed by atoms with E-state index in [4.69, 9.17) is 4.74 Å². The first-order chi connectivity index (χ1) is 7.15. The fourth-order valence-electron chi connectivity index (χ4n) is 2.20. The molecule has 1 rings (SSSR count). The molecule has 1 N–H and O–H groups in total. The molecule has 15 heavy (non-hydrogen) atoms. The van der Waals surface area contributed by atoms with Crippen LogP contribution in [-0.4, -0.2) is 50.8 Å². The molecule has 0 aromatic heterocycles. The maximum atomic E-state index is 5.66. The van der Waals surface area contributed by atoms with Crippen LogP contribution >= 0.6 is 0 Å². The Morgan fingerprint density at radius 2 is 2.20 bits per heavy atom. The molecule has 90 valence electrons. The molecule has 1 heterocycles. The standard InChI is InChI=1S/C12H26N2O/c1-10(8-13-3)11(2)14(4)9-12-6-5-7-15-12/h10-13H,5-9H2,1-4H3. The Morgan fingerprint density at radius 1 is 1.47 bits per heavy atom. The lowest BCUT2D eigenvalue weighted by Gasteiger charge is -2.31. The van der Waals surface area contributed by atoms with Crippen LogP contribution in [0.4, 0.5) is 0 Å². The molecule has 0 aliphatic carbocycles. The highest BCUT2D eigenvalue weighted by molar-refractivity contribution is 4.76. The van der Waals surface area contributed by atoms with Gasteiger partial charge in [-0.2, -0.15) is 0 Å². The predicted molar refractivity (Wildman–Crippen MR) is 64.2 cm³/mol. The molecule has 1 fully saturated rings. The van der Waals surface area contributed by atoms with Crippen molar-refractivity contribution in [1.82, 2.24) is 10.2 Å². The Kier molecular flexibility index (Phi) is 5.58. The topological polar surface area (TPSA) is 24.5 Å². The summed E-state index contributed by atoms with van der Waals surface area (Å²) < 4.78 is 5.66. The second-order valence-electron chi connectivity index (χ2n) is 4.85. The molecule has 3 heteroatoms. The molecule has 1 aliphatic heterocycles. The monoisotopic (exact) mass is 214 g/mol. The van der Waals surface area contributed by atoms with E-state index < -0.39 is 0 Å². The molecule has 0 bridgehead atoms. The Balaban J connectivity index is 2.27. The number of hydrogen-bond donors (Lipinski definition) is 1. The van der Waals surface area contributed by atoms with Crippen molar-refractivity contribution in [3.63, 3.8) is 0 Å². The van der Waals surface area contributed by atoms with Gasteiger partial charge in [0.05, 0.1) is 6.10 Å². The van der Waals surface area contributed by atoms with Gasteiger partial charge in [0.1, 0.15) is 0 Å². The molecule has 0 aromatic carbocycles. The molecule has 0 radical (unpaired) electrons. The third kappa shape index (κ3) is 4.09. The zero-order chi connectivity index (χ0) is 11.3. The van der Waals surface area contributed by atoms with Gasteiger partial charge in [0.2, 0.25) is 0 Å². The van der Waals surface area contributed by atoms with Gasteiger partial charge in [-0.15, -0.1) is 0 Å². The van der Waals surface area contributed by atoms with Gasteiger partial charge >= 0.3 is 0 Å². The van der Waals surface area contributed by atoms with Crippen LogP contribution in [0.25, 0.3) is 0 Å². The molecule has 1 aliphatic rings. The summed E-state index contributed by atoms with van der Waals surface area (Å²) in [6.45, 7) is 7.72. The largest absolute Gasteiger partial charge is 0.377 e. The van der Waals surface area contributed by atoms with Crippen LogP contribution in [0.3, 0.4) is 0 Å². The lowest BCUT2D eigenvalue weighted by Crippen LogP contribution is -2.41. The zero-order valence-corrected chi connectivity index (χ0v) is 10.6. The Hall–Kier alpha value is -0.120. The van der Waals surface area contributed by atoms with E-state index in [2.05, 4.69) is 31.1 Å². The number of nitrogens with one attached hydrogen (secondary N) is 1. The van der Waals surface area contributed by atoms with E-state index in [1.807, 2.05) is 7.05 Å². The fraction of sp³-hybridized carbons (Fsp3) is 1.00. The minimum atomic E-state index is 0.472. The van der Waals surface area contributed by atoms with E-state index in [0.717, 1.165) is 19.7 Å². The third-order valence-electron chi connectivity index (χ3n) is 3.56. The smallest absolute Gasteiger partial charge is 0.0702 e. The Bertz CT molecular complexity index is 169. The summed E-state index contributed by atoms with van der Waals surface area (Å²) in [6.07, 6.45) is 2.94. The summed E-state index contributed by atoms with van der Waals surface area (Å²) in [4.78, 5) is 2.43. The highest BCUT2D eigenvalue weighted by atomic mass is 16.5. The van der Waals surface area contributed by atoms with Crippen LogP contribution in [0.2, 0.25) is 0 Å². The van der Waals surface area contributed by atoms with Gasteiger partial charge in [-0.1, -0.05) is 6.92 Å². The molecule has 0 amide bonds. The van der Waals surface area contributed by atoms with Crippen LogP contribution in [0.1, 0.15) is 26.7 Å². The van der Waals surface area contributed by atoms with Gasteiger partial charge in [0, 0.05) is 19.2 Å². The van der Waals surface area contributed by atoms with Crippen molar-refractivity contribution in [1.29, 1.82) is 0 Å². The first kappa shape index (κ1) is 12.9. The second kappa shape index (κ2) is 6.46. The molecule has 1 saturated heterocycles. The van der Waals surface area contributed by atoms with Crippen LogP contribution < -0.4 is 5.32 Å². The van der Waals surface area contributed by atoms with Crippen molar-refractivity contribution in [3.05, 3.63) is 0 Å². The normalized spacial score (nSPS) is 25.8. The second-order valence-corrected chi connectivity index (χ2v) is 4.85. The van der Waals surface area contributed by atoms with Crippen molar-refractivity contribution in [2.75, 3.05) is 33.8 Å². The molecule has 0 saturated carbocycles. The first-order valence-corrected chi connectivity index (χ1v) is 6.11. The van der Waals surface area contributed by atoms with Crippen molar-refractivity contribution in [2.45, 2.75) is 38.8 Å².